The molecule has 0 aromatic carbocycles. The molecule has 0 fully saturated rings. The number of nitrogens with zero attached hydrogens (tertiary/aromatic N) is 2. The van der Waals surface area contributed by atoms with Gasteiger partial charge in [0.15, 0.2) is 0 Å². The molecular formula is C9H11BrN2. The highest BCUT2D eigenvalue weighted by atomic mass is 79.9. The van der Waals surface area contributed by atoms with Crippen LogP contribution in [0, 0.1) is 6.92 Å². The minimum atomic E-state index is -0.0468. The van der Waals surface area contributed by atoms with Crippen molar-refractivity contribution in [2.75, 3.05) is 0 Å². The summed E-state index contributed by atoms with van der Waals surface area (Å²) in [6, 6.07) is 0. The van der Waals surface area contributed by atoms with E-state index in [1.807, 2.05) is 0 Å². The zero-order chi connectivity index (χ0) is 9.35. The molecule has 0 N–H and O–H groups in total. The number of aromatic nitrogens is 2. The van der Waals surface area contributed by atoms with Gasteiger partial charge in [-0.15, -0.1) is 0 Å². The molecule has 0 aliphatic heterocycles. The highest BCUT2D eigenvalue weighted by Crippen LogP contribution is 2.20. The first-order chi connectivity index (χ1) is 5.41. The molecule has 64 valence electrons. The van der Waals surface area contributed by atoms with Crippen LogP contribution in [0.25, 0.3) is 0 Å². The molecule has 0 amide bonds. The monoisotopic (exact) mass is 226 g/mol. The lowest BCUT2D eigenvalue weighted by molar-refractivity contribution is 0.543. The number of hydrogen-bond donors (Lipinski definition) is 0. The van der Waals surface area contributed by atoms with Crippen molar-refractivity contribution < 1.29 is 0 Å². The fourth-order valence-electron chi connectivity index (χ4n) is 0.742. The maximum atomic E-state index is 5.62. The van der Waals surface area contributed by atoms with Gasteiger partial charge in [0, 0.05) is 18.5 Å². The van der Waals surface area contributed by atoms with E-state index in [1.54, 1.807) is 6.20 Å². The Balaban J connectivity index is 3.14. The van der Waals surface area contributed by atoms with Gasteiger partial charge in [0.2, 0.25) is 0 Å². The molecule has 0 bridgehead atoms. The molecule has 0 spiro atoms. The second kappa shape index (κ2) is 3.13. The van der Waals surface area contributed by atoms with Crippen LogP contribution >= 0.6 is 15.9 Å². The summed E-state index contributed by atoms with van der Waals surface area (Å²) < 4.78 is 0.746. The second-order valence-corrected chi connectivity index (χ2v) is 4.53. The summed E-state index contributed by atoms with van der Waals surface area (Å²) in [5.74, 6) is 0.767. The quantitative estimate of drug-likeness (QED) is 0.680. The van der Waals surface area contributed by atoms with Gasteiger partial charge in [0.05, 0.1) is 10.2 Å². The third kappa shape index (κ3) is 2.03. The SMILES string of the molecule is [CH]c1nc(C(C)(C)C)ncc1Br. The Morgan fingerprint density at radius 2 is 2.00 bits per heavy atom. The average molecular weight is 227 g/mol. The lowest BCUT2D eigenvalue weighted by atomic mass is 9.96. The van der Waals surface area contributed by atoms with Crippen molar-refractivity contribution >= 4 is 15.9 Å². The van der Waals surface area contributed by atoms with E-state index in [2.05, 4.69) is 46.7 Å². The molecular weight excluding hydrogens is 216 g/mol. The van der Waals surface area contributed by atoms with Gasteiger partial charge in [-0.3, -0.25) is 0 Å². The molecule has 0 saturated heterocycles. The van der Waals surface area contributed by atoms with Gasteiger partial charge in [0.25, 0.3) is 0 Å². The molecule has 2 radical (unpaired) electrons. The van der Waals surface area contributed by atoms with E-state index in [-0.39, 0.29) is 5.41 Å². The van der Waals surface area contributed by atoms with Gasteiger partial charge < -0.3 is 0 Å². The minimum Gasteiger partial charge on any atom is -0.240 e. The van der Waals surface area contributed by atoms with Crippen molar-refractivity contribution in [3.05, 3.63) is 29.1 Å². The molecule has 0 atom stereocenters. The summed E-state index contributed by atoms with van der Waals surface area (Å²) in [5.41, 5.74) is 0.448. The van der Waals surface area contributed by atoms with E-state index in [1.165, 1.54) is 0 Å². The first-order valence-electron chi connectivity index (χ1n) is 3.70. The molecule has 2 nitrogen and oxygen atoms in total. The van der Waals surface area contributed by atoms with Crippen LogP contribution in [0.5, 0.6) is 0 Å². The zero-order valence-electron chi connectivity index (χ0n) is 7.43. The Kier molecular flexibility index (Phi) is 2.52. The molecule has 1 rings (SSSR count). The van der Waals surface area contributed by atoms with Gasteiger partial charge in [-0.1, -0.05) is 20.8 Å². The molecule has 1 aromatic rings. The molecule has 3 heteroatoms. The molecule has 0 saturated carbocycles. The Bertz CT molecular complexity index is 289. The van der Waals surface area contributed by atoms with Crippen LogP contribution in [-0.2, 0) is 5.41 Å². The fraction of sp³-hybridized carbons (Fsp3) is 0.444. The molecule has 0 aliphatic carbocycles. The Labute approximate surface area is 81.6 Å². The molecule has 12 heavy (non-hydrogen) atoms. The van der Waals surface area contributed by atoms with Gasteiger partial charge in [-0.05, 0) is 15.9 Å². The lowest BCUT2D eigenvalue weighted by Gasteiger charge is -2.16. The van der Waals surface area contributed by atoms with E-state index in [0.29, 0.717) is 5.69 Å². The number of hydrogen-bond acceptors (Lipinski definition) is 2. The number of rotatable bonds is 0. The van der Waals surface area contributed by atoms with E-state index in [0.717, 1.165) is 10.3 Å². The molecule has 1 heterocycles. The van der Waals surface area contributed by atoms with Crippen molar-refractivity contribution in [2.24, 2.45) is 0 Å². The molecule has 1 aromatic heterocycles. The van der Waals surface area contributed by atoms with Gasteiger partial charge >= 0.3 is 0 Å². The van der Waals surface area contributed by atoms with Crippen LogP contribution in [0.4, 0.5) is 0 Å². The van der Waals surface area contributed by atoms with E-state index >= 15 is 0 Å². The standard InChI is InChI=1S/C9H11BrN2/c1-6-7(10)5-11-8(12-6)9(2,3)4/h1,5H,2-4H3. The van der Waals surface area contributed by atoms with Crippen molar-refractivity contribution in [3.8, 4) is 0 Å². The van der Waals surface area contributed by atoms with Gasteiger partial charge in [-0.25, -0.2) is 9.97 Å². The third-order valence-corrected chi connectivity index (χ3v) is 2.05. The summed E-state index contributed by atoms with van der Waals surface area (Å²) in [7, 11) is 0. The fourth-order valence-corrected chi connectivity index (χ4v) is 0.933. The van der Waals surface area contributed by atoms with E-state index in [9.17, 15) is 0 Å². The van der Waals surface area contributed by atoms with Crippen molar-refractivity contribution in [2.45, 2.75) is 26.2 Å². The Morgan fingerprint density at radius 1 is 1.42 bits per heavy atom. The van der Waals surface area contributed by atoms with E-state index in [4.69, 9.17) is 6.92 Å². The van der Waals surface area contributed by atoms with Gasteiger partial charge in [-0.2, -0.15) is 0 Å². The predicted octanol–water partition coefficient (Wildman–Crippen LogP) is 2.60. The minimum absolute atomic E-state index is 0.0468. The van der Waals surface area contributed by atoms with Crippen LogP contribution in [0.15, 0.2) is 10.7 Å². The molecule has 0 aliphatic rings. The van der Waals surface area contributed by atoms with Crippen LogP contribution in [-0.4, -0.2) is 9.97 Å². The lowest BCUT2D eigenvalue weighted by Crippen LogP contribution is -2.16. The summed E-state index contributed by atoms with van der Waals surface area (Å²) in [4.78, 5) is 8.34. The second-order valence-electron chi connectivity index (χ2n) is 3.68. The summed E-state index contributed by atoms with van der Waals surface area (Å²) >= 11 is 3.25. The van der Waals surface area contributed by atoms with Crippen LogP contribution in [0.3, 0.4) is 0 Å². The highest BCUT2D eigenvalue weighted by molar-refractivity contribution is 9.10. The van der Waals surface area contributed by atoms with Crippen molar-refractivity contribution in [3.63, 3.8) is 0 Å². The first-order valence-corrected chi connectivity index (χ1v) is 4.49. The van der Waals surface area contributed by atoms with E-state index < -0.39 is 0 Å². The normalized spacial score (nSPS) is 11.8. The van der Waals surface area contributed by atoms with Gasteiger partial charge in [0.1, 0.15) is 5.82 Å². The summed E-state index contributed by atoms with van der Waals surface area (Å²) in [6.07, 6.45) is 1.68. The predicted molar refractivity (Wildman–Crippen MR) is 51.8 cm³/mol. The van der Waals surface area contributed by atoms with Crippen molar-refractivity contribution in [1.82, 2.24) is 9.97 Å². The third-order valence-electron chi connectivity index (χ3n) is 1.44. The largest absolute Gasteiger partial charge is 0.240 e. The maximum Gasteiger partial charge on any atom is 0.133 e. The number of halogens is 1. The Morgan fingerprint density at radius 3 is 2.42 bits per heavy atom. The summed E-state index contributed by atoms with van der Waals surface area (Å²) in [6.45, 7) is 11.8. The smallest absolute Gasteiger partial charge is 0.133 e. The topological polar surface area (TPSA) is 25.8 Å². The highest BCUT2D eigenvalue weighted by Gasteiger charge is 2.17. The van der Waals surface area contributed by atoms with Crippen LogP contribution in [0.1, 0.15) is 32.3 Å². The zero-order valence-corrected chi connectivity index (χ0v) is 9.01. The van der Waals surface area contributed by atoms with Crippen LogP contribution in [0.2, 0.25) is 0 Å². The first kappa shape index (κ1) is 9.65. The summed E-state index contributed by atoms with van der Waals surface area (Å²) in [5, 5.41) is 0. The molecule has 0 unspecified atom stereocenters. The Hall–Kier alpha value is -0.440. The average Bonchev–Trinajstić information content (AvgIpc) is 1.92. The van der Waals surface area contributed by atoms with Crippen molar-refractivity contribution in [1.29, 1.82) is 0 Å². The maximum absolute atomic E-state index is 5.62. The van der Waals surface area contributed by atoms with Crippen LogP contribution < -0.4 is 0 Å².